The van der Waals surface area contributed by atoms with Crippen LogP contribution in [0.15, 0.2) is 53.8 Å². The molecule has 0 radical (unpaired) electrons. The van der Waals surface area contributed by atoms with Crippen LogP contribution in [0.5, 0.6) is 0 Å². The molecule has 0 bridgehead atoms. The number of nitrogens with one attached hydrogen (secondary N) is 2. The van der Waals surface area contributed by atoms with Crippen LogP contribution >= 0.6 is 11.6 Å². The van der Waals surface area contributed by atoms with E-state index in [9.17, 15) is 9.59 Å². The summed E-state index contributed by atoms with van der Waals surface area (Å²) in [6.07, 6.45) is 1.22. The number of amides is 2. The second kappa shape index (κ2) is 8.64. The second-order valence-corrected chi connectivity index (χ2v) is 6.55. The van der Waals surface area contributed by atoms with E-state index >= 15 is 0 Å². The van der Waals surface area contributed by atoms with Crippen LogP contribution in [0.1, 0.15) is 24.6 Å². The van der Waals surface area contributed by atoms with Crippen molar-refractivity contribution in [1.82, 2.24) is 15.6 Å². The quantitative estimate of drug-likeness (QED) is 0.794. The Morgan fingerprint density at radius 2 is 2.04 bits per heavy atom. The summed E-state index contributed by atoms with van der Waals surface area (Å²) in [7, 11) is 0. The third kappa shape index (κ3) is 5.04. The lowest BCUT2D eigenvalue weighted by Crippen LogP contribution is -2.48. The van der Waals surface area contributed by atoms with Crippen molar-refractivity contribution in [3.63, 3.8) is 0 Å². The topological polar surface area (TPSA) is 92.7 Å². The van der Waals surface area contributed by atoms with Crippen molar-refractivity contribution in [2.75, 3.05) is 0 Å². The molecule has 1 aliphatic rings. The summed E-state index contributed by atoms with van der Waals surface area (Å²) in [5.74, 6) is -0.686. The zero-order chi connectivity index (χ0) is 19.2. The summed E-state index contributed by atoms with van der Waals surface area (Å²) >= 11 is 5.87. The van der Waals surface area contributed by atoms with Crippen LogP contribution in [0.4, 0.5) is 0 Å². The van der Waals surface area contributed by atoms with Gasteiger partial charge in [-0.25, -0.2) is 0 Å². The van der Waals surface area contributed by atoms with Gasteiger partial charge in [-0.1, -0.05) is 35.0 Å². The zero-order valence-electron chi connectivity index (χ0n) is 14.7. The fourth-order valence-electron chi connectivity index (χ4n) is 2.54. The highest BCUT2D eigenvalue weighted by atomic mass is 35.5. The number of rotatable bonds is 6. The molecule has 1 aromatic heterocycles. The van der Waals surface area contributed by atoms with Crippen LogP contribution in [-0.2, 0) is 21.0 Å². The highest BCUT2D eigenvalue weighted by Gasteiger charge is 2.30. The number of carbonyl (C=O) groups excluding carboxylic acids is 2. The maximum Gasteiger partial charge on any atom is 0.264 e. The lowest BCUT2D eigenvalue weighted by Gasteiger charge is -2.16. The van der Waals surface area contributed by atoms with Gasteiger partial charge in [-0.05, 0) is 36.8 Å². The number of nitrogens with zero attached hydrogens (tertiary/aromatic N) is 2. The summed E-state index contributed by atoms with van der Waals surface area (Å²) in [6.45, 7) is 1.91. The van der Waals surface area contributed by atoms with E-state index in [2.05, 4.69) is 20.8 Å². The average Bonchev–Trinajstić information content (AvgIpc) is 3.17. The smallest absolute Gasteiger partial charge is 0.264 e. The van der Waals surface area contributed by atoms with Crippen LogP contribution in [0.25, 0.3) is 0 Å². The molecule has 0 spiro atoms. The number of pyridine rings is 1. The van der Waals surface area contributed by atoms with Gasteiger partial charge in [0.15, 0.2) is 0 Å². The summed E-state index contributed by atoms with van der Waals surface area (Å²) < 4.78 is 0. The molecule has 2 atom stereocenters. The van der Waals surface area contributed by atoms with Gasteiger partial charge in [0.25, 0.3) is 5.91 Å². The van der Waals surface area contributed by atoms with Crippen molar-refractivity contribution in [3.05, 3.63) is 64.9 Å². The summed E-state index contributed by atoms with van der Waals surface area (Å²) in [6, 6.07) is 11.9. The number of aromatic nitrogens is 1. The van der Waals surface area contributed by atoms with Gasteiger partial charge in [0.05, 0.1) is 18.0 Å². The molecular formula is C19H19ClN4O3. The molecule has 0 saturated heterocycles. The monoisotopic (exact) mass is 386 g/mol. The van der Waals surface area contributed by atoms with Crippen LogP contribution in [0.2, 0.25) is 5.02 Å². The van der Waals surface area contributed by atoms with Gasteiger partial charge in [0.2, 0.25) is 12.0 Å². The number of halogens is 1. The Morgan fingerprint density at radius 3 is 2.74 bits per heavy atom. The predicted molar refractivity (Wildman–Crippen MR) is 101 cm³/mol. The zero-order valence-corrected chi connectivity index (χ0v) is 15.4. The molecule has 8 heteroatoms. The van der Waals surface area contributed by atoms with Gasteiger partial charge >= 0.3 is 0 Å². The van der Waals surface area contributed by atoms with Gasteiger partial charge in [-0.2, -0.15) is 0 Å². The summed E-state index contributed by atoms with van der Waals surface area (Å²) in [5.41, 5.74) is 2.25. The standard InChI is InChI=1S/C19H19ClN4O3/c1-12(18(25)22-11-15-4-2-3-9-21-15)23-19(26)17-10-16(24-27-17)13-5-7-14(20)8-6-13/h2-9,12,17H,10-11H2,1H3,(H,22,25)(H,23,26). The number of oxime groups is 1. The largest absolute Gasteiger partial charge is 0.382 e. The molecule has 0 saturated carbocycles. The van der Waals surface area contributed by atoms with Crippen molar-refractivity contribution in [2.24, 2.45) is 5.16 Å². The van der Waals surface area contributed by atoms with Gasteiger partial charge in [-0.3, -0.25) is 14.6 Å². The lowest BCUT2D eigenvalue weighted by molar-refractivity contribution is -0.135. The Labute approximate surface area is 161 Å². The maximum absolute atomic E-state index is 12.3. The van der Waals surface area contributed by atoms with E-state index in [1.165, 1.54) is 0 Å². The first-order chi connectivity index (χ1) is 13.0. The molecule has 2 aromatic rings. The van der Waals surface area contributed by atoms with E-state index in [1.54, 1.807) is 31.3 Å². The van der Waals surface area contributed by atoms with Crippen molar-refractivity contribution in [1.29, 1.82) is 0 Å². The van der Waals surface area contributed by atoms with Crippen LogP contribution < -0.4 is 10.6 Å². The molecule has 3 rings (SSSR count). The molecule has 2 N–H and O–H groups in total. The Bertz CT molecular complexity index is 840. The van der Waals surface area contributed by atoms with E-state index in [4.69, 9.17) is 16.4 Å². The van der Waals surface area contributed by atoms with Crippen molar-refractivity contribution in [3.8, 4) is 0 Å². The van der Waals surface area contributed by atoms with Crippen LogP contribution in [-0.4, -0.2) is 34.7 Å². The van der Waals surface area contributed by atoms with Crippen LogP contribution in [0, 0.1) is 0 Å². The van der Waals surface area contributed by atoms with Crippen LogP contribution in [0.3, 0.4) is 0 Å². The third-order valence-electron chi connectivity index (χ3n) is 4.06. The van der Waals surface area contributed by atoms with E-state index in [1.807, 2.05) is 24.3 Å². The van der Waals surface area contributed by atoms with Crippen molar-refractivity contribution >= 4 is 29.1 Å². The van der Waals surface area contributed by atoms with Gasteiger partial charge in [0.1, 0.15) is 6.04 Å². The molecule has 27 heavy (non-hydrogen) atoms. The first-order valence-corrected chi connectivity index (χ1v) is 8.87. The Kier molecular flexibility index (Phi) is 6.03. The highest BCUT2D eigenvalue weighted by molar-refractivity contribution is 6.30. The first kappa shape index (κ1) is 18.8. The Balaban J connectivity index is 1.47. The number of carbonyl (C=O) groups is 2. The molecular weight excluding hydrogens is 368 g/mol. The molecule has 0 fully saturated rings. The second-order valence-electron chi connectivity index (χ2n) is 6.11. The van der Waals surface area contributed by atoms with Crippen molar-refractivity contribution < 1.29 is 14.4 Å². The van der Waals surface area contributed by atoms with E-state index < -0.39 is 12.1 Å². The molecule has 2 unspecified atom stereocenters. The average molecular weight is 387 g/mol. The third-order valence-corrected chi connectivity index (χ3v) is 4.31. The molecule has 2 heterocycles. The van der Waals surface area contributed by atoms with E-state index in [0.29, 0.717) is 23.7 Å². The lowest BCUT2D eigenvalue weighted by atomic mass is 10.0. The Hall–Kier alpha value is -2.93. The molecule has 0 aliphatic carbocycles. The highest BCUT2D eigenvalue weighted by Crippen LogP contribution is 2.18. The maximum atomic E-state index is 12.3. The molecule has 2 amide bonds. The Morgan fingerprint density at radius 1 is 1.26 bits per heavy atom. The van der Waals surface area contributed by atoms with Gasteiger partial charge in [-0.15, -0.1) is 0 Å². The molecule has 1 aromatic carbocycles. The van der Waals surface area contributed by atoms with E-state index in [-0.39, 0.29) is 11.8 Å². The molecule has 140 valence electrons. The molecule has 7 nitrogen and oxygen atoms in total. The minimum Gasteiger partial charge on any atom is -0.382 e. The van der Waals surface area contributed by atoms with E-state index in [0.717, 1.165) is 11.3 Å². The normalized spacial score (nSPS) is 16.8. The SMILES string of the molecule is CC(NC(=O)C1CC(c2ccc(Cl)cc2)=NO1)C(=O)NCc1ccccn1. The minimum absolute atomic E-state index is 0.295. The van der Waals surface area contributed by atoms with Crippen molar-refractivity contribution in [2.45, 2.75) is 32.0 Å². The number of benzene rings is 1. The summed E-state index contributed by atoms with van der Waals surface area (Å²) in [5, 5.41) is 9.98. The molecule has 1 aliphatic heterocycles. The fraction of sp³-hybridized carbons (Fsp3) is 0.263. The first-order valence-electron chi connectivity index (χ1n) is 8.49. The predicted octanol–water partition coefficient (Wildman–Crippen LogP) is 2.05. The number of hydrogen-bond donors (Lipinski definition) is 2. The minimum atomic E-state index is -0.762. The van der Waals surface area contributed by atoms with Gasteiger partial charge in [0, 0.05) is 17.6 Å². The number of hydrogen-bond acceptors (Lipinski definition) is 5. The fourth-order valence-corrected chi connectivity index (χ4v) is 2.66. The van der Waals surface area contributed by atoms with Gasteiger partial charge < -0.3 is 15.5 Å². The summed E-state index contributed by atoms with van der Waals surface area (Å²) in [4.78, 5) is 33.8.